The third-order valence-corrected chi connectivity index (χ3v) is 9.15. The third kappa shape index (κ3) is 4.81. The zero-order chi connectivity index (χ0) is 26.4. The summed E-state index contributed by atoms with van der Waals surface area (Å²) in [7, 11) is 0. The Morgan fingerprint density at radius 1 is 1.08 bits per heavy atom. The van der Waals surface area contributed by atoms with E-state index in [0.717, 1.165) is 36.3 Å². The van der Waals surface area contributed by atoms with Crippen molar-refractivity contribution in [1.82, 2.24) is 29.7 Å². The smallest absolute Gasteiger partial charge is 0.384 e. The van der Waals surface area contributed by atoms with Crippen molar-refractivity contribution in [3.05, 3.63) is 10.6 Å². The number of morpholine rings is 1. The fourth-order valence-corrected chi connectivity index (χ4v) is 6.20. The van der Waals surface area contributed by atoms with Crippen LogP contribution < -0.4 is 16.0 Å². The summed E-state index contributed by atoms with van der Waals surface area (Å²) in [6, 6.07) is 0.429. The summed E-state index contributed by atoms with van der Waals surface area (Å²) in [5, 5.41) is 10.0. The summed E-state index contributed by atoms with van der Waals surface area (Å²) in [6.07, 6.45) is 8.77. The Bertz CT molecular complexity index is 1320. The Kier molecular flexibility index (Phi) is 6.88. The average Bonchev–Trinajstić information content (AvgIpc) is 3.45. The van der Waals surface area contributed by atoms with E-state index in [4.69, 9.17) is 24.1 Å². The number of aromatic amines is 1. The molecule has 3 atom stereocenters. The molecule has 3 aromatic rings. The van der Waals surface area contributed by atoms with Crippen molar-refractivity contribution in [2.75, 3.05) is 23.4 Å². The second-order valence-corrected chi connectivity index (χ2v) is 11.8. The van der Waals surface area contributed by atoms with Crippen LogP contribution in [0.4, 0.5) is 11.8 Å². The highest BCUT2D eigenvalue weighted by Gasteiger charge is 2.33. The molecule has 11 nitrogen and oxygen atoms in total. The van der Waals surface area contributed by atoms with Crippen LogP contribution in [0.15, 0.2) is 9.21 Å². The molecule has 6 rings (SSSR count). The number of rotatable bonds is 7. The molecule has 38 heavy (non-hydrogen) atoms. The van der Waals surface area contributed by atoms with E-state index >= 15 is 0 Å². The molecule has 0 aromatic carbocycles. The first-order chi connectivity index (χ1) is 18.4. The predicted molar refractivity (Wildman–Crippen MR) is 145 cm³/mol. The monoisotopic (exact) mass is 524 g/mol. The van der Waals surface area contributed by atoms with Crippen molar-refractivity contribution >= 4 is 22.9 Å². The van der Waals surface area contributed by atoms with Crippen LogP contribution in [0.2, 0.25) is 0 Å². The van der Waals surface area contributed by atoms with Crippen molar-refractivity contribution in [3.8, 4) is 11.7 Å². The van der Waals surface area contributed by atoms with Crippen LogP contribution in [-0.4, -0.2) is 61.1 Å². The minimum absolute atomic E-state index is 0.0713. The summed E-state index contributed by atoms with van der Waals surface area (Å²) in [5.41, 5.74) is 1.51. The molecular weight excluding hydrogens is 484 g/mol. The van der Waals surface area contributed by atoms with E-state index in [2.05, 4.69) is 52.7 Å². The molecule has 1 saturated heterocycles. The van der Waals surface area contributed by atoms with Crippen LogP contribution in [0.3, 0.4) is 0 Å². The van der Waals surface area contributed by atoms with Gasteiger partial charge in [0.05, 0.1) is 18.8 Å². The highest BCUT2D eigenvalue weighted by Crippen LogP contribution is 2.37. The molecule has 0 spiro atoms. The van der Waals surface area contributed by atoms with Gasteiger partial charge in [-0.2, -0.15) is 4.98 Å². The van der Waals surface area contributed by atoms with E-state index < -0.39 is 5.76 Å². The largest absolute Gasteiger partial charge is 0.434 e. The van der Waals surface area contributed by atoms with Gasteiger partial charge in [0.25, 0.3) is 5.89 Å². The standard InChI is InChI=1S/C27H40N8O3/c1-15-8-10-19(11-9-15)14-35-21-22(28-16(2)20-6-5-7-20)29-24(25-32-33-27(36)38-25)30-23(21)31-26(35)34-12-13-37-18(4)17(34)3/h15-20H,5-14H2,1-4H3,(H,33,36)(H,28,29,30)/t15-,16-,17+,18+,19-/m1/s1. The van der Waals surface area contributed by atoms with E-state index in [1.54, 1.807) is 0 Å². The molecule has 0 amide bonds. The molecule has 2 aliphatic carbocycles. The number of imidazole rings is 1. The van der Waals surface area contributed by atoms with E-state index in [-0.39, 0.29) is 29.9 Å². The van der Waals surface area contributed by atoms with Crippen LogP contribution in [0.1, 0.15) is 72.6 Å². The van der Waals surface area contributed by atoms with E-state index in [0.29, 0.717) is 24.1 Å². The lowest BCUT2D eigenvalue weighted by atomic mass is 9.80. The molecule has 3 fully saturated rings. The summed E-state index contributed by atoms with van der Waals surface area (Å²) < 4.78 is 13.5. The number of anilines is 2. The third-order valence-electron chi connectivity index (χ3n) is 9.15. The SMILES string of the molecule is C[C@@H]1OCCN(c2nc3nc(-c4n[nH]c(=O)o4)nc(N[C@H](C)C4CCC4)c3n2C[C@H]2CC[C@H](C)CC2)[C@H]1C. The first-order valence-corrected chi connectivity index (χ1v) is 14.4. The molecule has 4 heterocycles. The van der Waals surface area contributed by atoms with Crippen molar-refractivity contribution in [2.45, 2.75) is 97.4 Å². The van der Waals surface area contributed by atoms with Crippen LogP contribution >= 0.6 is 0 Å². The summed E-state index contributed by atoms with van der Waals surface area (Å²) in [6.45, 7) is 11.2. The highest BCUT2D eigenvalue weighted by molar-refractivity contribution is 5.87. The lowest BCUT2D eigenvalue weighted by Gasteiger charge is -2.39. The normalized spacial score (nSPS) is 27.4. The van der Waals surface area contributed by atoms with Gasteiger partial charge in [-0.15, -0.1) is 5.10 Å². The van der Waals surface area contributed by atoms with Gasteiger partial charge in [0.1, 0.15) is 5.52 Å². The Labute approximate surface area is 222 Å². The minimum atomic E-state index is -0.630. The predicted octanol–water partition coefficient (Wildman–Crippen LogP) is 4.21. The summed E-state index contributed by atoms with van der Waals surface area (Å²) >= 11 is 0. The van der Waals surface area contributed by atoms with Crippen LogP contribution in [0, 0.1) is 17.8 Å². The number of nitrogens with zero attached hydrogens (tertiary/aromatic N) is 6. The van der Waals surface area contributed by atoms with E-state index in [1.165, 1.54) is 44.9 Å². The van der Waals surface area contributed by atoms with Gasteiger partial charge in [0.2, 0.25) is 11.8 Å². The topological polar surface area (TPSA) is 127 Å². The number of fused-ring (bicyclic) bond motifs is 1. The van der Waals surface area contributed by atoms with Gasteiger partial charge in [0.15, 0.2) is 11.5 Å². The minimum Gasteiger partial charge on any atom is -0.384 e. The number of H-pyrrole nitrogens is 1. The molecule has 2 N–H and O–H groups in total. The maximum absolute atomic E-state index is 11.7. The number of hydrogen-bond donors (Lipinski definition) is 2. The number of hydrogen-bond acceptors (Lipinski definition) is 9. The zero-order valence-electron chi connectivity index (χ0n) is 22.9. The zero-order valence-corrected chi connectivity index (χ0v) is 22.9. The van der Waals surface area contributed by atoms with Crippen molar-refractivity contribution in [2.24, 2.45) is 17.8 Å². The molecular formula is C27H40N8O3. The Morgan fingerprint density at radius 3 is 2.55 bits per heavy atom. The van der Waals surface area contributed by atoms with Gasteiger partial charge in [-0.1, -0.05) is 26.2 Å². The van der Waals surface area contributed by atoms with Crippen molar-refractivity contribution < 1.29 is 9.15 Å². The molecule has 206 valence electrons. The fourth-order valence-electron chi connectivity index (χ4n) is 6.20. The maximum Gasteiger partial charge on any atom is 0.434 e. The summed E-state index contributed by atoms with van der Waals surface area (Å²) in [4.78, 5) is 28.8. The lowest BCUT2D eigenvalue weighted by Crippen LogP contribution is -2.49. The molecule has 3 aliphatic rings. The average molecular weight is 525 g/mol. The highest BCUT2D eigenvalue weighted by atomic mass is 16.5. The Hall–Kier alpha value is -2.95. The number of nitrogens with one attached hydrogen (secondary N) is 2. The van der Waals surface area contributed by atoms with Gasteiger partial charge < -0.3 is 23.9 Å². The van der Waals surface area contributed by atoms with Crippen LogP contribution in [0.25, 0.3) is 22.9 Å². The second kappa shape index (κ2) is 10.3. The molecule has 0 bridgehead atoms. The van der Waals surface area contributed by atoms with Crippen molar-refractivity contribution in [3.63, 3.8) is 0 Å². The maximum atomic E-state index is 11.7. The van der Waals surface area contributed by atoms with Gasteiger partial charge in [0, 0.05) is 19.1 Å². The molecule has 2 saturated carbocycles. The number of ether oxygens (including phenoxy) is 1. The quantitative estimate of drug-likeness (QED) is 0.467. The van der Waals surface area contributed by atoms with Crippen molar-refractivity contribution in [1.29, 1.82) is 0 Å². The van der Waals surface area contributed by atoms with E-state index in [9.17, 15) is 4.79 Å². The molecule has 0 unspecified atom stereocenters. The first-order valence-electron chi connectivity index (χ1n) is 14.4. The lowest BCUT2D eigenvalue weighted by molar-refractivity contribution is 0.0274. The van der Waals surface area contributed by atoms with Gasteiger partial charge in [-0.25, -0.2) is 19.9 Å². The van der Waals surface area contributed by atoms with Gasteiger partial charge in [-0.3, -0.25) is 0 Å². The van der Waals surface area contributed by atoms with Gasteiger partial charge in [-0.05, 0) is 64.2 Å². The molecule has 11 heteroatoms. The fraction of sp³-hybridized carbons (Fsp3) is 0.741. The second-order valence-electron chi connectivity index (χ2n) is 11.8. The van der Waals surface area contributed by atoms with E-state index in [1.807, 2.05) is 0 Å². The molecule has 0 radical (unpaired) electrons. The Balaban J connectivity index is 1.49. The molecule has 3 aromatic heterocycles. The number of aromatic nitrogens is 6. The molecule has 1 aliphatic heterocycles. The summed E-state index contributed by atoms with van der Waals surface area (Å²) in [5.74, 6) is 3.32. The van der Waals surface area contributed by atoms with Crippen LogP contribution in [0.5, 0.6) is 0 Å². The Morgan fingerprint density at radius 2 is 1.87 bits per heavy atom. The van der Waals surface area contributed by atoms with Crippen LogP contribution in [-0.2, 0) is 11.3 Å². The first kappa shape index (κ1) is 25.3. The van der Waals surface area contributed by atoms with Gasteiger partial charge >= 0.3 is 5.76 Å².